The van der Waals surface area contributed by atoms with Gasteiger partial charge in [-0.2, -0.15) is 13.2 Å². The van der Waals surface area contributed by atoms with Crippen LogP contribution < -0.4 is 5.32 Å². The van der Waals surface area contributed by atoms with Crippen LogP contribution in [-0.4, -0.2) is 24.4 Å². The quantitative estimate of drug-likeness (QED) is 0.622. The zero-order valence-corrected chi connectivity index (χ0v) is 11.8. The lowest BCUT2D eigenvalue weighted by atomic mass is 9.87. The number of alkyl halides is 3. The minimum atomic E-state index is -4.10. The van der Waals surface area contributed by atoms with Crippen molar-refractivity contribution < 1.29 is 13.2 Å². The number of unbranched alkanes of at least 4 members (excludes halogenated alkanes) is 2. The molecule has 1 nitrogen and oxygen atoms in total. The molecule has 0 heterocycles. The van der Waals surface area contributed by atoms with E-state index in [9.17, 15) is 13.2 Å². The van der Waals surface area contributed by atoms with Gasteiger partial charge in [0, 0.05) is 18.8 Å². The van der Waals surface area contributed by atoms with Crippen molar-refractivity contribution in [2.24, 2.45) is 5.41 Å². The highest BCUT2D eigenvalue weighted by Crippen LogP contribution is 2.29. The van der Waals surface area contributed by atoms with E-state index in [0.717, 1.165) is 13.0 Å². The predicted octanol–water partition coefficient (Wildman–Crippen LogP) is 4.44. The average molecular weight is 271 g/mol. The summed E-state index contributed by atoms with van der Waals surface area (Å²) in [7, 11) is 0. The maximum Gasteiger partial charge on any atom is 0.441 e. The first kappa shape index (κ1) is 17.1. The number of hydrogen-bond donors (Lipinski definition) is 1. The zero-order chi connectivity index (χ0) is 13.4. The van der Waals surface area contributed by atoms with Crippen molar-refractivity contribution in [1.29, 1.82) is 0 Å². The summed E-state index contributed by atoms with van der Waals surface area (Å²) in [5.74, 6) is 0.0918. The second kappa shape index (κ2) is 8.25. The van der Waals surface area contributed by atoms with E-state index >= 15 is 0 Å². The topological polar surface area (TPSA) is 12.0 Å². The summed E-state index contributed by atoms with van der Waals surface area (Å²) in [5.41, 5.74) is -3.92. The van der Waals surface area contributed by atoms with Gasteiger partial charge in [-0.15, -0.1) is 0 Å². The highest BCUT2D eigenvalue weighted by molar-refractivity contribution is 8.00. The van der Waals surface area contributed by atoms with Crippen LogP contribution in [0.15, 0.2) is 0 Å². The van der Waals surface area contributed by atoms with Gasteiger partial charge in [-0.3, -0.25) is 0 Å². The van der Waals surface area contributed by atoms with E-state index in [-0.39, 0.29) is 22.9 Å². The number of thioether (sulfide) groups is 1. The van der Waals surface area contributed by atoms with Crippen molar-refractivity contribution >= 4 is 11.8 Å². The van der Waals surface area contributed by atoms with E-state index < -0.39 is 5.51 Å². The molecule has 0 spiro atoms. The highest BCUT2D eigenvalue weighted by Gasteiger charge is 2.27. The SMILES string of the molecule is CCCCCC(C)(C)CNCCSC(F)(F)F. The lowest BCUT2D eigenvalue weighted by Gasteiger charge is -2.25. The lowest BCUT2D eigenvalue weighted by molar-refractivity contribution is -0.0327. The third-order valence-electron chi connectivity index (χ3n) is 2.61. The molecular weight excluding hydrogens is 247 g/mol. The van der Waals surface area contributed by atoms with Gasteiger partial charge in [-0.1, -0.05) is 40.0 Å². The Morgan fingerprint density at radius 3 is 2.29 bits per heavy atom. The summed E-state index contributed by atoms with van der Waals surface area (Å²) in [6.45, 7) is 7.69. The third-order valence-corrected chi connectivity index (χ3v) is 3.34. The fourth-order valence-corrected chi connectivity index (χ4v) is 2.09. The van der Waals surface area contributed by atoms with Crippen LogP contribution in [0.25, 0.3) is 0 Å². The van der Waals surface area contributed by atoms with Gasteiger partial charge >= 0.3 is 5.51 Å². The molecule has 17 heavy (non-hydrogen) atoms. The molecule has 0 aromatic rings. The maximum absolute atomic E-state index is 11.9. The molecule has 0 unspecified atom stereocenters. The molecule has 0 rings (SSSR count). The molecule has 0 amide bonds. The van der Waals surface area contributed by atoms with Gasteiger partial charge in [0.15, 0.2) is 0 Å². The maximum atomic E-state index is 11.9. The number of nitrogens with one attached hydrogen (secondary N) is 1. The molecule has 0 fully saturated rings. The number of rotatable bonds is 9. The van der Waals surface area contributed by atoms with Crippen molar-refractivity contribution in [2.45, 2.75) is 52.0 Å². The van der Waals surface area contributed by atoms with Gasteiger partial charge in [0.1, 0.15) is 0 Å². The van der Waals surface area contributed by atoms with Gasteiger partial charge in [0.05, 0.1) is 0 Å². The van der Waals surface area contributed by atoms with Crippen LogP contribution in [0.2, 0.25) is 0 Å². The summed E-state index contributed by atoms with van der Waals surface area (Å²) in [6, 6.07) is 0. The van der Waals surface area contributed by atoms with Gasteiger partial charge in [0.2, 0.25) is 0 Å². The third kappa shape index (κ3) is 12.3. The second-order valence-corrected chi connectivity index (χ2v) is 6.25. The van der Waals surface area contributed by atoms with Crippen LogP contribution in [0.1, 0.15) is 46.5 Å². The molecule has 0 aliphatic rings. The van der Waals surface area contributed by atoms with Gasteiger partial charge in [0.25, 0.3) is 0 Å². The van der Waals surface area contributed by atoms with E-state index in [2.05, 4.69) is 26.1 Å². The molecule has 0 aromatic carbocycles. The average Bonchev–Trinajstić information content (AvgIpc) is 2.15. The normalized spacial score (nSPS) is 13.1. The Hall–Kier alpha value is 0.100. The van der Waals surface area contributed by atoms with Crippen LogP contribution in [-0.2, 0) is 0 Å². The van der Waals surface area contributed by atoms with E-state index in [1.54, 1.807) is 0 Å². The summed E-state index contributed by atoms with van der Waals surface area (Å²) < 4.78 is 35.6. The predicted molar refractivity (Wildman–Crippen MR) is 69.3 cm³/mol. The molecule has 0 saturated carbocycles. The molecule has 1 N–H and O–H groups in total. The lowest BCUT2D eigenvalue weighted by Crippen LogP contribution is -2.31. The summed E-state index contributed by atoms with van der Waals surface area (Å²) in [4.78, 5) is 0. The van der Waals surface area contributed by atoms with Crippen molar-refractivity contribution in [3.63, 3.8) is 0 Å². The van der Waals surface area contributed by atoms with E-state index in [1.807, 2.05) is 0 Å². The number of hydrogen-bond acceptors (Lipinski definition) is 2. The molecule has 0 saturated heterocycles. The minimum Gasteiger partial charge on any atom is -0.315 e. The van der Waals surface area contributed by atoms with Gasteiger partial charge in [-0.05, 0) is 23.6 Å². The van der Waals surface area contributed by atoms with Gasteiger partial charge in [-0.25, -0.2) is 0 Å². The zero-order valence-electron chi connectivity index (χ0n) is 11.0. The fraction of sp³-hybridized carbons (Fsp3) is 1.00. The van der Waals surface area contributed by atoms with E-state index in [1.165, 1.54) is 19.3 Å². The molecule has 5 heteroatoms. The molecule has 104 valence electrons. The molecule has 0 aromatic heterocycles. The van der Waals surface area contributed by atoms with Crippen molar-refractivity contribution in [3.8, 4) is 0 Å². The van der Waals surface area contributed by atoms with Crippen LogP contribution in [0.5, 0.6) is 0 Å². The van der Waals surface area contributed by atoms with E-state index in [0.29, 0.717) is 6.54 Å². The summed E-state index contributed by atoms with van der Waals surface area (Å²) >= 11 is 0.0431. The Labute approximate surface area is 107 Å². The van der Waals surface area contributed by atoms with Crippen LogP contribution in [0, 0.1) is 5.41 Å². The molecule has 0 radical (unpaired) electrons. The summed E-state index contributed by atoms with van der Waals surface area (Å²) in [5, 5.41) is 3.10. The smallest absolute Gasteiger partial charge is 0.315 e. The Balaban J connectivity index is 3.51. The highest BCUT2D eigenvalue weighted by atomic mass is 32.2. The van der Waals surface area contributed by atoms with E-state index in [4.69, 9.17) is 0 Å². The molecule has 0 aliphatic heterocycles. The summed E-state index contributed by atoms with van der Waals surface area (Å²) in [6.07, 6.45) is 4.75. The first-order chi connectivity index (χ1) is 7.77. The first-order valence-electron chi connectivity index (χ1n) is 6.18. The van der Waals surface area contributed by atoms with Crippen LogP contribution in [0.3, 0.4) is 0 Å². The largest absolute Gasteiger partial charge is 0.441 e. The first-order valence-corrected chi connectivity index (χ1v) is 7.17. The molecule has 0 atom stereocenters. The monoisotopic (exact) mass is 271 g/mol. The Kier molecular flexibility index (Phi) is 8.29. The van der Waals surface area contributed by atoms with Crippen LogP contribution >= 0.6 is 11.8 Å². The fourth-order valence-electron chi connectivity index (χ4n) is 1.61. The van der Waals surface area contributed by atoms with Gasteiger partial charge < -0.3 is 5.32 Å². The molecular formula is C12H24F3NS. The number of halogens is 3. The Morgan fingerprint density at radius 1 is 1.12 bits per heavy atom. The minimum absolute atomic E-state index is 0.0431. The second-order valence-electron chi connectivity index (χ2n) is 5.09. The van der Waals surface area contributed by atoms with Crippen molar-refractivity contribution in [1.82, 2.24) is 5.32 Å². The Morgan fingerprint density at radius 2 is 1.76 bits per heavy atom. The molecule has 0 bridgehead atoms. The Bertz CT molecular complexity index is 193. The standard InChI is InChI=1S/C12H24F3NS/c1-4-5-6-7-11(2,3)10-16-8-9-17-12(13,14)15/h16H,4-10H2,1-3H3. The van der Waals surface area contributed by atoms with Crippen LogP contribution in [0.4, 0.5) is 13.2 Å². The van der Waals surface area contributed by atoms with Crippen molar-refractivity contribution in [3.05, 3.63) is 0 Å². The molecule has 0 aliphatic carbocycles. The van der Waals surface area contributed by atoms with Crippen molar-refractivity contribution in [2.75, 3.05) is 18.8 Å².